The molecule has 9 heteroatoms. The number of hydrogen-bond donors (Lipinski definition) is 1. The van der Waals surface area contributed by atoms with Crippen molar-refractivity contribution < 1.29 is 18.8 Å². The number of benzene rings is 1. The maximum Gasteiger partial charge on any atom is 0.293 e. The highest BCUT2D eigenvalue weighted by atomic mass is 32.2. The Hall–Kier alpha value is -2.94. The van der Waals surface area contributed by atoms with Gasteiger partial charge < -0.3 is 5.32 Å². The van der Waals surface area contributed by atoms with Crippen LogP contribution in [0.4, 0.5) is 9.18 Å². The van der Waals surface area contributed by atoms with Crippen LogP contribution in [0.15, 0.2) is 47.6 Å². The molecule has 1 aliphatic heterocycles. The molecule has 0 spiro atoms. The van der Waals surface area contributed by atoms with Gasteiger partial charge in [-0.2, -0.15) is 5.10 Å². The van der Waals surface area contributed by atoms with E-state index in [-0.39, 0.29) is 29.5 Å². The minimum atomic E-state index is -0.480. The maximum absolute atomic E-state index is 13.7. The highest BCUT2D eigenvalue weighted by Gasteiger charge is 2.34. The minimum Gasteiger partial charge on any atom is -0.354 e. The Morgan fingerprint density at radius 3 is 2.79 bits per heavy atom. The lowest BCUT2D eigenvalue weighted by atomic mass is 10.2. The fraction of sp³-hybridized carbons (Fsp3) is 0.263. The molecule has 1 N–H and O–H groups in total. The molecular weight excluding hydrogens is 383 g/mol. The van der Waals surface area contributed by atoms with Crippen molar-refractivity contribution in [3.8, 4) is 0 Å². The third-order valence-corrected chi connectivity index (χ3v) is 4.98. The molecule has 1 aromatic carbocycles. The second kappa shape index (κ2) is 9.32. The number of halogens is 1. The highest BCUT2D eigenvalue weighted by Crippen LogP contribution is 2.32. The first kappa shape index (κ1) is 19.8. The lowest BCUT2D eigenvalue weighted by Crippen LogP contribution is -2.37. The summed E-state index contributed by atoms with van der Waals surface area (Å²) in [7, 11) is 0. The van der Waals surface area contributed by atoms with Gasteiger partial charge in [-0.25, -0.2) is 4.39 Å². The fourth-order valence-electron chi connectivity index (χ4n) is 2.66. The van der Waals surface area contributed by atoms with Crippen LogP contribution in [0.25, 0.3) is 6.08 Å². The number of aromatic nitrogens is 2. The van der Waals surface area contributed by atoms with E-state index in [1.54, 1.807) is 23.0 Å². The fourth-order valence-corrected chi connectivity index (χ4v) is 3.51. The van der Waals surface area contributed by atoms with Crippen molar-refractivity contribution in [3.63, 3.8) is 0 Å². The molecule has 1 saturated heterocycles. The number of nitrogens with one attached hydrogen (secondary N) is 1. The van der Waals surface area contributed by atoms with Crippen molar-refractivity contribution >= 4 is 34.9 Å². The molecule has 1 aliphatic rings. The van der Waals surface area contributed by atoms with Gasteiger partial charge in [-0.1, -0.05) is 18.2 Å². The number of rotatable bonds is 8. The highest BCUT2D eigenvalue weighted by molar-refractivity contribution is 8.18. The molecule has 0 radical (unpaired) electrons. The van der Waals surface area contributed by atoms with E-state index in [2.05, 4.69) is 10.4 Å². The number of carbonyl (C=O) groups is 3. The molecule has 0 atom stereocenters. The van der Waals surface area contributed by atoms with Gasteiger partial charge >= 0.3 is 0 Å². The molecular formula is C19H19FN4O3S. The van der Waals surface area contributed by atoms with E-state index in [1.807, 2.05) is 12.3 Å². The number of aryl methyl sites for hydroxylation is 1. The summed E-state index contributed by atoms with van der Waals surface area (Å²) in [5.41, 5.74) is 0.249. The van der Waals surface area contributed by atoms with Gasteiger partial charge in [-0.15, -0.1) is 0 Å². The average molecular weight is 402 g/mol. The zero-order valence-corrected chi connectivity index (χ0v) is 15.8. The van der Waals surface area contributed by atoms with Crippen LogP contribution in [0.3, 0.4) is 0 Å². The first-order valence-electron chi connectivity index (χ1n) is 8.78. The Labute approximate surface area is 165 Å². The normalized spacial score (nSPS) is 15.5. The van der Waals surface area contributed by atoms with Crippen LogP contribution in [0, 0.1) is 5.82 Å². The van der Waals surface area contributed by atoms with Crippen molar-refractivity contribution in [1.82, 2.24) is 20.0 Å². The largest absolute Gasteiger partial charge is 0.354 e. The molecule has 2 aromatic rings. The predicted octanol–water partition coefficient (Wildman–Crippen LogP) is 2.66. The first-order chi connectivity index (χ1) is 13.5. The summed E-state index contributed by atoms with van der Waals surface area (Å²) in [5, 5.41) is 6.33. The van der Waals surface area contributed by atoms with E-state index in [9.17, 15) is 18.8 Å². The second-order valence-corrected chi connectivity index (χ2v) is 7.07. The molecule has 0 unspecified atom stereocenters. The summed E-state index contributed by atoms with van der Waals surface area (Å²) in [6.45, 7) is 0.889. The van der Waals surface area contributed by atoms with E-state index in [0.29, 0.717) is 19.4 Å². The second-order valence-electron chi connectivity index (χ2n) is 6.08. The Morgan fingerprint density at radius 2 is 2.04 bits per heavy atom. The topological polar surface area (TPSA) is 84.3 Å². The number of thioether (sulfide) groups is 1. The number of hydrogen-bond acceptors (Lipinski definition) is 5. The summed E-state index contributed by atoms with van der Waals surface area (Å²) < 4.78 is 15.5. The Bertz CT molecular complexity index is 898. The van der Waals surface area contributed by atoms with Gasteiger partial charge in [0.2, 0.25) is 5.91 Å². The summed E-state index contributed by atoms with van der Waals surface area (Å²) >= 11 is 0.766. The SMILES string of the molecule is O=C(CCCn1cccn1)NCCN1C(=O)S/C(=C\c2ccccc2F)C1=O. The van der Waals surface area contributed by atoms with Crippen LogP contribution in [-0.2, 0) is 16.1 Å². The maximum atomic E-state index is 13.7. The van der Waals surface area contributed by atoms with E-state index in [1.165, 1.54) is 18.2 Å². The minimum absolute atomic E-state index is 0.0736. The number of imide groups is 1. The molecule has 1 aromatic heterocycles. The van der Waals surface area contributed by atoms with Gasteiger partial charge in [-0.3, -0.25) is 24.0 Å². The Balaban J connectivity index is 1.45. The molecule has 0 bridgehead atoms. The lowest BCUT2D eigenvalue weighted by Gasteiger charge is -2.13. The third kappa shape index (κ3) is 5.07. The van der Waals surface area contributed by atoms with Crippen molar-refractivity contribution in [1.29, 1.82) is 0 Å². The quantitative estimate of drug-likeness (QED) is 0.687. The Kier molecular flexibility index (Phi) is 6.59. The van der Waals surface area contributed by atoms with Crippen LogP contribution in [0.1, 0.15) is 18.4 Å². The van der Waals surface area contributed by atoms with Gasteiger partial charge in [-0.05, 0) is 36.4 Å². The van der Waals surface area contributed by atoms with Crippen LogP contribution < -0.4 is 5.32 Å². The van der Waals surface area contributed by atoms with Crippen LogP contribution >= 0.6 is 11.8 Å². The van der Waals surface area contributed by atoms with E-state index < -0.39 is 17.0 Å². The summed E-state index contributed by atoms with van der Waals surface area (Å²) in [6, 6.07) is 7.85. The van der Waals surface area contributed by atoms with Crippen LogP contribution in [-0.4, -0.2) is 44.8 Å². The smallest absolute Gasteiger partial charge is 0.293 e. The van der Waals surface area contributed by atoms with Crippen molar-refractivity contribution in [2.75, 3.05) is 13.1 Å². The molecule has 0 saturated carbocycles. The van der Waals surface area contributed by atoms with Crippen LogP contribution in [0.5, 0.6) is 0 Å². The van der Waals surface area contributed by atoms with E-state index in [4.69, 9.17) is 0 Å². The lowest BCUT2D eigenvalue weighted by molar-refractivity contribution is -0.124. The molecule has 1 fully saturated rings. The van der Waals surface area contributed by atoms with Gasteiger partial charge in [0.1, 0.15) is 5.82 Å². The molecule has 3 amide bonds. The molecule has 0 aliphatic carbocycles. The van der Waals surface area contributed by atoms with E-state index >= 15 is 0 Å². The van der Waals surface area contributed by atoms with Gasteiger partial charge in [0.25, 0.3) is 11.1 Å². The van der Waals surface area contributed by atoms with Gasteiger partial charge in [0, 0.05) is 44.0 Å². The predicted molar refractivity (Wildman–Crippen MR) is 104 cm³/mol. The summed E-state index contributed by atoms with van der Waals surface area (Å²) in [6.07, 6.45) is 5.84. The van der Waals surface area contributed by atoms with E-state index in [0.717, 1.165) is 16.7 Å². The molecule has 7 nitrogen and oxygen atoms in total. The number of amides is 3. The number of nitrogens with zero attached hydrogens (tertiary/aromatic N) is 3. The van der Waals surface area contributed by atoms with Gasteiger partial charge in [0.05, 0.1) is 4.91 Å². The van der Waals surface area contributed by atoms with Crippen molar-refractivity contribution in [2.45, 2.75) is 19.4 Å². The summed E-state index contributed by atoms with van der Waals surface area (Å²) in [5.74, 6) is -1.09. The average Bonchev–Trinajstić information content (AvgIpc) is 3.27. The Morgan fingerprint density at radius 1 is 1.21 bits per heavy atom. The molecule has 3 rings (SSSR count). The number of carbonyl (C=O) groups excluding carboxylic acids is 3. The standard InChI is InChI=1S/C19H19FN4O3S/c20-15-6-2-1-5-14(15)13-16-18(26)24(19(27)28-16)12-9-21-17(25)7-3-10-23-11-4-8-22-23/h1-2,4-6,8,11,13H,3,7,9-10,12H2,(H,21,25)/b16-13-. The van der Waals surface area contributed by atoms with Crippen molar-refractivity contribution in [3.05, 3.63) is 59.0 Å². The first-order valence-corrected chi connectivity index (χ1v) is 9.60. The zero-order chi connectivity index (χ0) is 19.9. The molecule has 2 heterocycles. The van der Waals surface area contributed by atoms with Crippen molar-refractivity contribution in [2.24, 2.45) is 0 Å². The third-order valence-electron chi connectivity index (χ3n) is 4.07. The van der Waals surface area contributed by atoms with Crippen LogP contribution in [0.2, 0.25) is 0 Å². The molecule has 28 heavy (non-hydrogen) atoms. The zero-order valence-electron chi connectivity index (χ0n) is 15.0. The monoisotopic (exact) mass is 402 g/mol. The summed E-state index contributed by atoms with van der Waals surface area (Å²) in [4.78, 5) is 37.5. The van der Waals surface area contributed by atoms with Gasteiger partial charge in [0.15, 0.2) is 0 Å². The molecule has 146 valence electrons.